The maximum absolute atomic E-state index is 8.36. The molecule has 8 heteroatoms. The Kier molecular flexibility index (Phi) is 5.53. The van der Waals surface area contributed by atoms with Crippen molar-refractivity contribution in [3.63, 3.8) is 0 Å². The molecule has 0 radical (unpaired) electrons. The van der Waals surface area contributed by atoms with E-state index in [2.05, 4.69) is 0 Å². The molecule has 0 aromatic rings. The minimum atomic E-state index is -2.72. The van der Waals surface area contributed by atoms with E-state index < -0.39 is 17.1 Å². The summed E-state index contributed by atoms with van der Waals surface area (Å²) in [5.41, 5.74) is 4.82. The largest absolute Gasteiger partial charge is 0.342 e. The highest BCUT2D eigenvalue weighted by atomic mass is 16.9. The van der Waals surface area contributed by atoms with Gasteiger partial charge in [-0.25, -0.2) is 0 Å². The second-order valence-electron chi connectivity index (χ2n) is 1.71. The van der Waals surface area contributed by atoms with Crippen molar-refractivity contribution in [1.29, 1.82) is 0 Å². The molecule has 11 heavy (non-hydrogen) atoms. The molecule has 0 aliphatic rings. The van der Waals surface area contributed by atoms with Gasteiger partial charge in [0.25, 0.3) is 11.1 Å². The average molecular weight is 170 g/mol. The summed E-state index contributed by atoms with van der Waals surface area (Å²) in [6.07, 6.45) is 0. The Morgan fingerprint density at radius 2 is 1.64 bits per heavy atom. The van der Waals surface area contributed by atoms with Gasteiger partial charge in [-0.05, 0) is 6.92 Å². The van der Waals surface area contributed by atoms with Crippen LogP contribution in [0.25, 0.3) is 0 Å². The molecule has 0 heterocycles. The van der Waals surface area contributed by atoms with Gasteiger partial charge in [0.15, 0.2) is 0 Å². The number of nitrogens with two attached hydrogens (primary N) is 1. The Morgan fingerprint density at radius 3 is 1.64 bits per heavy atom. The zero-order chi connectivity index (χ0) is 9.65. The lowest BCUT2D eigenvalue weighted by Crippen LogP contribution is -2.45. The minimum absolute atomic E-state index is 1.03. The van der Waals surface area contributed by atoms with E-state index in [-0.39, 0.29) is 0 Å². The zero-order valence-corrected chi connectivity index (χ0v) is 5.71. The van der Waals surface area contributed by atoms with Crippen LogP contribution < -0.4 is 5.73 Å². The maximum atomic E-state index is 8.36. The number of aliphatic hydroxyl groups is 3. The van der Waals surface area contributed by atoms with E-state index in [1.165, 1.54) is 6.92 Å². The van der Waals surface area contributed by atoms with E-state index in [1.807, 2.05) is 0 Å². The van der Waals surface area contributed by atoms with Crippen molar-refractivity contribution in [3.8, 4) is 0 Å². The highest BCUT2D eigenvalue weighted by Crippen LogP contribution is 1.94. The van der Waals surface area contributed by atoms with Crippen molar-refractivity contribution in [2.75, 3.05) is 0 Å². The molecule has 6 N–H and O–H groups in total. The molecule has 0 aromatic carbocycles. The summed E-state index contributed by atoms with van der Waals surface area (Å²) in [5.74, 6) is -2.72. The molecule has 1 unspecified atom stereocenters. The molecule has 0 fully saturated rings. The van der Waals surface area contributed by atoms with Gasteiger partial charge < -0.3 is 26.3 Å². The summed E-state index contributed by atoms with van der Waals surface area (Å²) in [5, 5.41) is 37.9. The predicted octanol–water partition coefficient (Wildman–Crippen LogP) is -2.38. The van der Waals surface area contributed by atoms with Crippen LogP contribution in [0.2, 0.25) is 0 Å². The fourth-order valence-electron chi connectivity index (χ4n) is 0. The smallest absolute Gasteiger partial charge is 0.291 e. The van der Waals surface area contributed by atoms with Crippen molar-refractivity contribution < 1.29 is 25.6 Å². The molecule has 1 atom stereocenters. The SMILES string of the molecule is CC(N)C(O)(O)O.O=[N+]([O-])O. The fraction of sp³-hybridized carbons (Fsp3) is 1.00. The van der Waals surface area contributed by atoms with E-state index >= 15 is 0 Å². The van der Waals surface area contributed by atoms with Crippen LogP contribution in [-0.2, 0) is 0 Å². The molecular formula is C3H10N2O6. The quantitative estimate of drug-likeness (QED) is 0.167. The van der Waals surface area contributed by atoms with Gasteiger partial charge in [-0.2, -0.15) is 0 Å². The topological polar surface area (TPSA) is 150 Å². The van der Waals surface area contributed by atoms with E-state index in [1.54, 1.807) is 0 Å². The highest BCUT2D eigenvalue weighted by molar-refractivity contribution is 4.59. The van der Waals surface area contributed by atoms with Crippen LogP contribution in [0.5, 0.6) is 0 Å². The van der Waals surface area contributed by atoms with E-state index in [4.69, 9.17) is 36.4 Å². The summed E-state index contributed by atoms with van der Waals surface area (Å²) < 4.78 is 0. The average Bonchev–Trinajstić information content (AvgIpc) is 1.59. The first-order chi connectivity index (χ1) is 4.68. The molecule has 68 valence electrons. The van der Waals surface area contributed by atoms with Crippen molar-refractivity contribution >= 4 is 0 Å². The Labute approximate surface area is 61.6 Å². The Balaban J connectivity index is 0. The lowest BCUT2D eigenvalue weighted by atomic mass is 10.3. The molecule has 0 aliphatic carbocycles. The monoisotopic (exact) mass is 170 g/mol. The van der Waals surface area contributed by atoms with Crippen LogP contribution in [0.4, 0.5) is 0 Å². The summed E-state index contributed by atoms with van der Waals surface area (Å²) >= 11 is 0. The third kappa shape index (κ3) is 17.6. The van der Waals surface area contributed by atoms with Crippen molar-refractivity contribution in [1.82, 2.24) is 0 Å². The zero-order valence-electron chi connectivity index (χ0n) is 5.71. The van der Waals surface area contributed by atoms with Gasteiger partial charge in [-0.3, -0.25) is 0 Å². The summed E-state index contributed by atoms with van der Waals surface area (Å²) in [6, 6.07) is -1.03. The van der Waals surface area contributed by atoms with Crippen LogP contribution in [0, 0.1) is 10.1 Å². The fourth-order valence-corrected chi connectivity index (χ4v) is 0. The summed E-state index contributed by atoms with van der Waals surface area (Å²) in [6.45, 7) is 1.28. The lowest BCUT2D eigenvalue weighted by molar-refractivity contribution is -0.742. The molecule has 0 aromatic heterocycles. The lowest BCUT2D eigenvalue weighted by Gasteiger charge is -2.16. The first-order valence-corrected chi connectivity index (χ1v) is 2.44. The second kappa shape index (κ2) is 4.79. The van der Waals surface area contributed by atoms with Crippen LogP contribution >= 0.6 is 0 Å². The molecule has 0 saturated carbocycles. The maximum Gasteiger partial charge on any atom is 0.291 e. The van der Waals surface area contributed by atoms with Gasteiger partial charge in [0.05, 0.1) is 6.04 Å². The Bertz CT molecular complexity index is 113. The van der Waals surface area contributed by atoms with Gasteiger partial charge in [0.1, 0.15) is 0 Å². The first kappa shape index (κ1) is 12.7. The van der Waals surface area contributed by atoms with Crippen molar-refractivity contribution in [2.45, 2.75) is 18.9 Å². The van der Waals surface area contributed by atoms with Crippen molar-refractivity contribution in [2.24, 2.45) is 5.73 Å². The van der Waals surface area contributed by atoms with Gasteiger partial charge >= 0.3 is 0 Å². The molecule has 0 bridgehead atoms. The third-order valence-electron chi connectivity index (χ3n) is 0.611. The number of hydrogen-bond donors (Lipinski definition) is 5. The third-order valence-corrected chi connectivity index (χ3v) is 0.611. The van der Waals surface area contributed by atoms with E-state index in [0.29, 0.717) is 0 Å². The molecule has 8 nitrogen and oxygen atoms in total. The van der Waals surface area contributed by atoms with Crippen LogP contribution in [-0.4, -0.2) is 37.6 Å². The molecule has 0 amide bonds. The molecule has 0 rings (SSSR count). The molecule has 0 aliphatic heterocycles. The number of nitrogens with zero attached hydrogens (tertiary/aromatic N) is 1. The van der Waals surface area contributed by atoms with Crippen LogP contribution in [0.1, 0.15) is 6.92 Å². The Hall–Kier alpha value is -0.960. The molecular weight excluding hydrogens is 160 g/mol. The number of rotatable bonds is 1. The Morgan fingerprint density at radius 1 is 1.55 bits per heavy atom. The van der Waals surface area contributed by atoms with Gasteiger partial charge in [-0.15, -0.1) is 10.1 Å². The van der Waals surface area contributed by atoms with Gasteiger partial charge in [0.2, 0.25) is 0 Å². The van der Waals surface area contributed by atoms with Crippen LogP contribution in [0.15, 0.2) is 0 Å². The van der Waals surface area contributed by atoms with E-state index in [0.717, 1.165) is 0 Å². The standard InChI is InChI=1S/C3H9NO3.HNO3/c1-2(4)3(5,6)7;2-1(3)4/h2,5-7H,4H2,1H3;(H,2,3,4). The highest BCUT2D eigenvalue weighted by Gasteiger charge is 2.23. The predicted molar refractivity (Wildman–Crippen MR) is 31.8 cm³/mol. The second-order valence-corrected chi connectivity index (χ2v) is 1.71. The molecule has 0 saturated heterocycles. The van der Waals surface area contributed by atoms with E-state index in [9.17, 15) is 0 Å². The molecule has 0 spiro atoms. The summed E-state index contributed by atoms with van der Waals surface area (Å²) in [4.78, 5) is 8.36. The normalized spacial score (nSPS) is 12.8. The van der Waals surface area contributed by atoms with Gasteiger partial charge in [-0.1, -0.05) is 0 Å². The first-order valence-electron chi connectivity index (χ1n) is 2.44. The minimum Gasteiger partial charge on any atom is -0.342 e. The van der Waals surface area contributed by atoms with Gasteiger partial charge in [0, 0.05) is 0 Å². The number of hydrogen-bond acceptors (Lipinski definition) is 6. The summed E-state index contributed by atoms with van der Waals surface area (Å²) in [7, 11) is 0. The van der Waals surface area contributed by atoms with Crippen LogP contribution in [0.3, 0.4) is 0 Å². The van der Waals surface area contributed by atoms with Crippen molar-refractivity contribution in [3.05, 3.63) is 10.1 Å².